The number of nitrogens with two attached hydrogens (primary N) is 1. The highest BCUT2D eigenvalue weighted by Crippen LogP contribution is 2.23. The predicted molar refractivity (Wildman–Crippen MR) is 64.2 cm³/mol. The van der Waals surface area contributed by atoms with Crippen molar-refractivity contribution in [1.29, 1.82) is 0 Å². The van der Waals surface area contributed by atoms with Crippen molar-refractivity contribution >= 4 is 11.5 Å². The number of hydrogen-bond acceptors (Lipinski definition) is 5. The Hall–Kier alpha value is -1.82. The molecule has 6 heteroatoms. The molecule has 0 aliphatic carbocycles. The van der Waals surface area contributed by atoms with Crippen molar-refractivity contribution in [2.75, 3.05) is 24.6 Å². The first kappa shape index (κ1) is 11.7. The van der Waals surface area contributed by atoms with Crippen LogP contribution >= 0.6 is 0 Å². The van der Waals surface area contributed by atoms with Crippen LogP contribution in [-0.4, -0.2) is 40.8 Å². The molecule has 1 fully saturated rings. The summed E-state index contributed by atoms with van der Waals surface area (Å²) < 4.78 is 0. The van der Waals surface area contributed by atoms with Gasteiger partial charge in [0.05, 0.1) is 0 Å². The minimum absolute atomic E-state index is 0.00440. The summed E-state index contributed by atoms with van der Waals surface area (Å²) in [6, 6.07) is 3.67. The molecular weight excluding hydrogens is 220 g/mol. The van der Waals surface area contributed by atoms with E-state index in [0.29, 0.717) is 11.6 Å². The molecule has 0 saturated carbocycles. The van der Waals surface area contributed by atoms with Gasteiger partial charge in [0.1, 0.15) is 5.69 Å². The van der Waals surface area contributed by atoms with Crippen LogP contribution in [0.2, 0.25) is 0 Å². The number of rotatable bonds is 3. The van der Waals surface area contributed by atoms with Crippen LogP contribution in [0.1, 0.15) is 12.1 Å². The number of oxime groups is 1. The molecule has 1 aromatic rings. The highest BCUT2D eigenvalue weighted by atomic mass is 16.4. The molecule has 1 saturated heterocycles. The normalized spacial score (nSPS) is 20.9. The minimum atomic E-state index is 0.00440. The number of aliphatic hydroxyl groups is 1. The molecule has 0 aromatic carbocycles. The van der Waals surface area contributed by atoms with Crippen LogP contribution in [0.5, 0.6) is 0 Å². The highest BCUT2D eigenvalue weighted by Gasteiger charge is 2.22. The zero-order valence-electron chi connectivity index (χ0n) is 9.45. The number of amidine groups is 1. The van der Waals surface area contributed by atoms with Crippen LogP contribution in [0.25, 0.3) is 0 Å². The third-order valence-corrected chi connectivity index (χ3v) is 3.02. The second-order valence-electron chi connectivity index (χ2n) is 4.17. The predicted octanol–water partition coefficient (Wildman–Crippen LogP) is -0.00530. The van der Waals surface area contributed by atoms with Gasteiger partial charge in [0.25, 0.3) is 0 Å². The van der Waals surface area contributed by atoms with Crippen LogP contribution < -0.4 is 10.6 Å². The molecule has 1 aliphatic heterocycles. The number of nitrogens with zero attached hydrogens (tertiary/aromatic N) is 3. The molecule has 17 heavy (non-hydrogen) atoms. The molecule has 0 spiro atoms. The van der Waals surface area contributed by atoms with Crippen molar-refractivity contribution in [3.8, 4) is 0 Å². The van der Waals surface area contributed by atoms with Crippen molar-refractivity contribution < 1.29 is 10.3 Å². The number of aliphatic hydroxyl groups excluding tert-OH is 1. The molecule has 92 valence electrons. The third kappa shape index (κ3) is 2.47. The number of hydrogen-bond donors (Lipinski definition) is 3. The van der Waals surface area contributed by atoms with Gasteiger partial charge < -0.3 is 20.9 Å². The maximum atomic E-state index is 9.10. The van der Waals surface area contributed by atoms with Gasteiger partial charge >= 0.3 is 0 Å². The van der Waals surface area contributed by atoms with E-state index in [4.69, 9.17) is 16.0 Å². The lowest BCUT2D eigenvalue weighted by molar-refractivity contribution is 0.238. The van der Waals surface area contributed by atoms with Gasteiger partial charge in [-0.1, -0.05) is 5.16 Å². The Labute approximate surface area is 99.4 Å². The third-order valence-electron chi connectivity index (χ3n) is 3.02. The van der Waals surface area contributed by atoms with Gasteiger partial charge in [-0.15, -0.1) is 0 Å². The largest absolute Gasteiger partial charge is 0.409 e. The second-order valence-corrected chi connectivity index (χ2v) is 4.17. The van der Waals surface area contributed by atoms with Gasteiger partial charge in [0, 0.05) is 37.5 Å². The van der Waals surface area contributed by atoms with Crippen LogP contribution in [0.4, 0.5) is 5.69 Å². The molecule has 0 bridgehead atoms. The van der Waals surface area contributed by atoms with Crippen molar-refractivity contribution in [2.45, 2.75) is 6.42 Å². The quantitative estimate of drug-likeness (QED) is 0.297. The topological polar surface area (TPSA) is 95.0 Å². The van der Waals surface area contributed by atoms with Crippen LogP contribution in [-0.2, 0) is 0 Å². The molecule has 1 aliphatic rings. The Morgan fingerprint density at radius 2 is 2.47 bits per heavy atom. The van der Waals surface area contributed by atoms with Gasteiger partial charge in [-0.3, -0.25) is 4.98 Å². The molecule has 0 radical (unpaired) electrons. The minimum Gasteiger partial charge on any atom is -0.409 e. The molecular formula is C11H16N4O2. The Morgan fingerprint density at radius 1 is 1.65 bits per heavy atom. The second kappa shape index (κ2) is 5.01. The van der Waals surface area contributed by atoms with E-state index >= 15 is 0 Å². The number of pyridine rings is 1. The lowest BCUT2D eigenvalue weighted by Gasteiger charge is -2.18. The van der Waals surface area contributed by atoms with Gasteiger partial charge in [0.15, 0.2) is 5.84 Å². The summed E-state index contributed by atoms with van der Waals surface area (Å²) in [4.78, 5) is 6.19. The lowest BCUT2D eigenvalue weighted by atomic mass is 10.1. The fraction of sp³-hybridized carbons (Fsp3) is 0.455. The van der Waals surface area contributed by atoms with E-state index in [9.17, 15) is 0 Å². The summed E-state index contributed by atoms with van der Waals surface area (Å²) in [5, 5.41) is 20.6. The van der Waals surface area contributed by atoms with Gasteiger partial charge in [0.2, 0.25) is 0 Å². The molecule has 1 aromatic heterocycles. The summed E-state index contributed by atoms with van der Waals surface area (Å²) in [6.07, 6.45) is 2.62. The molecule has 2 rings (SSSR count). The van der Waals surface area contributed by atoms with E-state index in [1.54, 1.807) is 12.3 Å². The SMILES string of the molecule is N/C(=N/O)c1cc(N2CCC(CO)C2)ccn1. The van der Waals surface area contributed by atoms with E-state index in [1.807, 2.05) is 6.07 Å². The summed E-state index contributed by atoms with van der Waals surface area (Å²) in [5.74, 6) is 0.334. The molecule has 1 unspecified atom stereocenters. The lowest BCUT2D eigenvalue weighted by Crippen LogP contribution is -2.22. The monoisotopic (exact) mass is 236 g/mol. The Balaban J connectivity index is 2.17. The Bertz CT molecular complexity index is 422. The standard InChI is InChI=1S/C11H16N4O2/c12-11(14-17)10-5-9(1-3-13-10)15-4-2-8(6-15)7-16/h1,3,5,8,16-17H,2,4,6-7H2,(H2,12,14). The fourth-order valence-corrected chi connectivity index (χ4v) is 2.02. The van der Waals surface area contributed by atoms with Gasteiger partial charge in [-0.05, 0) is 18.6 Å². The average molecular weight is 236 g/mol. The van der Waals surface area contributed by atoms with E-state index < -0.39 is 0 Å². The van der Waals surface area contributed by atoms with Crippen molar-refractivity contribution in [2.24, 2.45) is 16.8 Å². The first-order valence-electron chi connectivity index (χ1n) is 5.54. The van der Waals surface area contributed by atoms with Crippen molar-refractivity contribution in [3.63, 3.8) is 0 Å². The molecule has 6 nitrogen and oxygen atoms in total. The van der Waals surface area contributed by atoms with E-state index in [2.05, 4.69) is 15.0 Å². The van der Waals surface area contributed by atoms with E-state index in [-0.39, 0.29) is 12.4 Å². The zero-order chi connectivity index (χ0) is 12.3. The van der Waals surface area contributed by atoms with Crippen molar-refractivity contribution in [1.82, 2.24) is 4.98 Å². The smallest absolute Gasteiger partial charge is 0.188 e. The first-order chi connectivity index (χ1) is 8.24. The average Bonchev–Trinajstić information content (AvgIpc) is 2.86. The fourth-order valence-electron chi connectivity index (χ4n) is 2.02. The van der Waals surface area contributed by atoms with Gasteiger partial charge in [-0.2, -0.15) is 0 Å². The van der Waals surface area contributed by atoms with Crippen LogP contribution in [0.3, 0.4) is 0 Å². The highest BCUT2D eigenvalue weighted by molar-refractivity contribution is 5.95. The maximum Gasteiger partial charge on any atom is 0.188 e. The zero-order valence-corrected chi connectivity index (χ0v) is 9.45. The first-order valence-corrected chi connectivity index (χ1v) is 5.54. The molecule has 2 heterocycles. The molecule has 1 atom stereocenters. The molecule has 0 amide bonds. The Morgan fingerprint density at radius 3 is 3.12 bits per heavy atom. The van der Waals surface area contributed by atoms with Gasteiger partial charge in [-0.25, -0.2) is 0 Å². The number of anilines is 1. The summed E-state index contributed by atoms with van der Waals surface area (Å²) >= 11 is 0. The van der Waals surface area contributed by atoms with Crippen LogP contribution in [0.15, 0.2) is 23.5 Å². The summed E-state index contributed by atoms with van der Waals surface area (Å²) in [6.45, 7) is 1.95. The maximum absolute atomic E-state index is 9.10. The van der Waals surface area contributed by atoms with E-state index in [0.717, 1.165) is 25.2 Å². The Kier molecular flexibility index (Phi) is 3.43. The summed E-state index contributed by atoms with van der Waals surface area (Å²) in [5.41, 5.74) is 6.93. The molecule has 4 N–H and O–H groups in total. The van der Waals surface area contributed by atoms with Crippen LogP contribution in [0, 0.1) is 5.92 Å². The number of aromatic nitrogens is 1. The van der Waals surface area contributed by atoms with E-state index in [1.165, 1.54) is 0 Å². The van der Waals surface area contributed by atoms with Crippen molar-refractivity contribution in [3.05, 3.63) is 24.0 Å². The summed E-state index contributed by atoms with van der Waals surface area (Å²) in [7, 11) is 0.